The van der Waals surface area contributed by atoms with Crippen molar-refractivity contribution in [3.8, 4) is 0 Å². The largest absolute Gasteiger partial charge is 0.354 e. The van der Waals surface area contributed by atoms with Gasteiger partial charge in [-0.3, -0.25) is 9.59 Å². The molecule has 0 saturated carbocycles. The standard InChI is InChI=1S/C20H22N4O2/c1-13-6-5-7-15(12-13)20(26)22-14(2)19(25)21-11-10-18-23-16-8-3-4-9-17(16)24-18/h3-9,12,14H,10-11H2,1-2H3,(H,21,25)(H,22,26)(H,23,24)/t14-/m1/s1. The van der Waals surface area contributed by atoms with Gasteiger partial charge in [0.15, 0.2) is 0 Å². The molecule has 2 amide bonds. The summed E-state index contributed by atoms with van der Waals surface area (Å²) in [5, 5.41) is 5.55. The minimum absolute atomic E-state index is 0.220. The van der Waals surface area contributed by atoms with E-state index in [4.69, 9.17) is 0 Å². The number of fused-ring (bicyclic) bond motifs is 1. The molecule has 0 bridgehead atoms. The van der Waals surface area contributed by atoms with Crippen molar-refractivity contribution in [1.82, 2.24) is 20.6 Å². The van der Waals surface area contributed by atoms with Crippen molar-refractivity contribution >= 4 is 22.8 Å². The van der Waals surface area contributed by atoms with Crippen molar-refractivity contribution in [1.29, 1.82) is 0 Å². The lowest BCUT2D eigenvalue weighted by Crippen LogP contribution is -2.45. The minimum atomic E-state index is -0.612. The number of benzene rings is 2. The number of aryl methyl sites for hydroxylation is 1. The van der Waals surface area contributed by atoms with E-state index in [1.54, 1.807) is 19.1 Å². The maximum absolute atomic E-state index is 12.2. The van der Waals surface area contributed by atoms with Gasteiger partial charge in [-0.2, -0.15) is 0 Å². The van der Waals surface area contributed by atoms with Gasteiger partial charge in [-0.05, 0) is 38.1 Å². The Morgan fingerprint density at radius 3 is 2.73 bits per heavy atom. The lowest BCUT2D eigenvalue weighted by Gasteiger charge is -2.14. The zero-order valence-electron chi connectivity index (χ0n) is 14.9. The molecule has 1 heterocycles. The third-order valence-corrected chi connectivity index (χ3v) is 4.12. The Hall–Kier alpha value is -3.15. The average Bonchev–Trinajstić information content (AvgIpc) is 3.04. The third kappa shape index (κ3) is 4.27. The Morgan fingerprint density at radius 2 is 1.96 bits per heavy atom. The van der Waals surface area contributed by atoms with Crippen molar-refractivity contribution in [2.24, 2.45) is 0 Å². The van der Waals surface area contributed by atoms with Crippen molar-refractivity contribution in [2.75, 3.05) is 6.54 Å². The Labute approximate surface area is 152 Å². The second-order valence-corrected chi connectivity index (χ2v) is 6.31. The first-order valence-corrected chi connectivity index (χ1v) is 8.62. The number of para-hydroxylation sites is 2. The van der Waals surface area contributed by atoms with Gasteiger partial charge >= 0.3 is 0 Å². The molecule has 2 aromatic carbocycles. The van der Waals surface area contributed by atoms with Crippen LogP contribution in [0.1, 0.15) is 28.7 Å². The van der Waals surface area contributed by atoms with Crippen molar-refractivity contribution < 1.29 is 9.59 Å². The van der Waals surface area contributed by atoms with Crippen LogP contribution in [0.2, 0.25) is 0 Å². The van der Waals surface area contributed by atoms with Crippen LogP contribution in [0.4, 0.5) is 0 Å². The van der Waals surface area contributed by atoms with Gasteiger partial charge in [-0.1, -0.05) is 29.8 Å². The lowest BCUT2D eigenvalue weighted by molar-refractivity contribution is -0.122. The fraction of sp³-hybridized carbons (Fsp3) is 0.250. The molecule has 1 aromatic heterocycles. The van der Waals surface area contributed by atoms with Crippen LogP contribution >= 0.6 is 0 Å². The molecule has 0 aliphatic rings. The van der Waals surface area contributed by atoms with Gasteiger partial charge in [0, 0.05) is 18.5 Å². The van der Waals surface area contributed by atoms with E-state index in [9.17, 15) is 9.59 Å². The summed E-state index contributed by atoms with van der Waals surface area (Å²) in [6.45, 7) is 4.04. The van der Waals surface area contributed by atoms with E-state index in [0.717, 1.165) is 22.4 Å². The number of aromatic amines is 1. The zero-order chi connectivity index (χ0) is 18.5. The normalized spacial score (nSPS) is 11.9. The van der Waals surface area contributed by atoms with Crippen LogP contribution in [0, 0.1) is 6.92 Å². The number of nitrogens with zero attached hydrogens (tertiary/aromatic N) is 1. The maximum Gasteiger partial charge on any atom is 0.251 e. The summed E-state index contributed by atoms with van der Waals surface area (Å²) in [6.07, 6.45) is 0.596. The molecule has 26 heavy (non-hydrogen) atoms. The van der Waals surface area contributed by atoms with Gasteiger partial charge in [0.1, 0.15) is 11.9 Å². The highest BCUT2D eigenvalue weighted by molar-refractivity contribution is 5.97. The first-order chi connectivity index (χ1) is 12.5. The number of aromatic nitrogens is 2. The highest BCUT2D eigenvalue weighted by Gasteiger charge is 2.16. The molecule has 1 atom stereocenters. The van der Waals surface area contributed by atoms with Crippen LogP contribution in [0.25, 0.3) is 11.0 Å². The fourth-order valence-electron chi connectivity index (χ4n) is 2.71. The molecule has 0 radical (unpaired) electrons. The van der Waals surface area contributed by atoms with Gasteiger partial charge in [0.2, 0.25) is 5.91 Å². The van der Waals surface area contributed by atoms with E-state index in [0.29, 0.717) is 18.5 Å². The Bertz CT molecular complexity index is 899. The van der Waals surface area contributed by atoms with Gasteiger partial charge < -0.3 is 15.6 Å². The molecular formula is C20H22N4O2. The number of nitrogens with one attached hydrogen (secondary N) is 3. The number of rotatable bonds is 6. The predicted molar refractivity (Wildman–Crippen MR) is 101 cm³/mol. The Balaban J connectivity index is 1.48. The smallest absolute Gasteiger partial charge is 0.251 e. The summed E-state index contributed by atoms with van der Waals surface area (Å²) in [5.74, 6) is 0.346. The van der Waals surface area contributed by atoms with Gasteiger partial charge in [-0.15, -0.1) is 0 Å². The van der Waals surface area contributed by atoms with Crippen LogP contribution in [-0.2, 0) is 11.2 Å². The van der Waals surface area contributed by atoms with E-state index >= 15 is 0 Å². The topological polar surface area (TPSA) is 86.9 Å². The lowest BCUT2D eigenvalue weighted by atomic mass is 10.1. The first kappa shape index (κ1) is 17.7. The molecule has 0 aliphatic carbocycles. The van der Waals surface area contributed by atoms with Gasteiger partial charge in [0.05, 0.1) is 11.0 Å². The second-order valence-electron chi connectivity index (χ2n) is 6.31. The molecule has 0 saturated heterocycles. The van der Waals surface area contributed by atoms with Crippen LogP contribution in [0.3, 0.4) is 0 Å². The van der Waals surface area contributed by atoms with Crippen LogP contribution in [0.15, 0.2) is 48.5 Å². The summed E-state index contributed by atoms with van der Waals surface area (Å²) in [4.78, 5) is 32.1. The molecule has 3 aromatic rings. The van der Waals surface area contributed by atoms with Crippen LogP contribution in [0.5, 0.6) is 0 Å². The SMILES string of the molecule is Cc1cccc(C(=O)N[C@H](C)C(=O)NCCc2nc3ccccc3[nH]2)c1. The quantitative estimate of drug-likeness (QED) is 0.638. The summed E-state index contributed by atoms with van der Waals surface area (Å²) >= 11 is 0. The third-order valence-electron chi connectivity index (χ3n) is 4.12. The van der Waals surface area contributed by atoms with E-state index < -0.39 is 6.04 Å². The van der Waals surface area contributed by atoms with Crippen LogP contribution in [-0.4, -0.2) is 34.4 Å². The van der Waals surface area contributed by atoms with Crippen LogP contribution < -0.4 is 10.6 Å². The average molecular weight is 350 g/mol. The highest BCUT2D eigenvalue weighted by Crippen LogP contribution is 2.10. The highest BCUT2D eigenvalue weighted by atomic mass is 16.2. The summed E-state index contributed by atoms with van der Waals surface area (Å²) < 4.78 is 0. The second kappa shape index (κ2) is 7.82. The van der Waals surface area contributed by atoms with Crippen molar-refractivity contribution in [3.63, 3.8) is 0 Å². The van der Waals surface area contributed by atoms with E-state index in [1.807, 2.05) is 43.3 Å². The molecule has 3 N–H and O–H groups in total. The summed E-state index contributed by atoms with van der Waals surface area (Å²) in [7, 11) is 0. The maximum atomic E-state index is 12.2. The number of hydrogen-bond donors (Lipinski definition) is 3. The Kier molecular flexibility index (Phi) is 5.31. The molecule has 6 heteroatoms. The zero-order valence-corrected chi connectivity index (χ0v) is 14.9. The fourth-order valence-corrected chi connectivity index (χ4v) is 2.71. The Morgan fingerprint density at radius 1 is 1.15 bits per heavy atom. The first-order valence-electron chi connectivity index (χ1n) is 8.62. The van der Waals surface area contributed by atoms with Crippen molar-refractivity contribution in [2.45, 2.75) is 26.3 Å². The molecule has 0 aliphatic heterocycles. The monoisotopic (exact) mass is 350 g/mol. The van der Waals surface area contributed by atoms with Crippen molar-refractivity contribution in [3.05, 3.63) is 65.5 Å². The number of hydrogen-bond acceptors (Lipinski definition) is 3. The number of carbonyl (C=O) groups is 2. The molecule has 6 nitrogen and oxygen atoms in total. The van der Waals surface area contributed by atoms with E-state index in [1.165, 1.54) is 0 Å². The molecule has 3 rings (SSSR count). The minimum Gasteiger partial charge on any atom is -0.354 e. The molecule has 0 fully saturated rings. The number of imidazole rings is 1. The summed E-state index contributed by atoms with van der Waals surface area (Å²) in [6, 6.07) is 14.4. The summed E-state index contributed by atoms with van der Waals surface area (Å²) in [5.41, 5.74) is 3.44. The van der Waals surface area contributed by atoms with Gasteiger partial charge in [-0.25, -0.2) is 4.98 Å². The number of H-pyrrole nitrogens is 1. The predicted octanol–water partition coefficient (Wildman–Crippen LogP) is 2.35. The number of carbonyl (C=O) groups excluding carboxylic acids is 2. The molecule has 0 spiro atoms. The molecule has 134 valence electrons. The van der Waals surface area contributed by atoms with E-state index in [-0.39, 0.29) is 11.8 Å². The number of amides is 2. The van der Waals surface area contributed by atoms with Gasteiger partial charge in [0.25, 0.3) is 5.91 Å². The van der Waals surface area contributed by atoms with E-state index in [2.05, 4.69) is 20.6 Å². The molecule has 0 unspecified atom stereocenters. The molecular weight excluding hydrogens is 328 g/mol.